The Morgan fingerprint density at radius 2 is 1.74 bits per heavy atom. The molecule has 9 heteroatoms. The number of carbonyl (C=O) groups is 2. The minimum absolute atomic E-state index is 0.341. The maximum absolute atomic E-state index is 12.9. The average molecular weight is 418 g/mol. The van der Waals surface area contributed by atoms with Crippen LogP contribution in [0, 0.1) is 6.92 Å². The van der Waals surface area contributed by atoms with E-state index in [-0.39, 0.29) is 5.91 Å². The van der Waals surface area contributed by atoms with Crippen LogP contribution in [0.3, 0.4) is 0 Å². The number of rotatable bonds is 4. The molecule has 31 heavy (non-hydrogen) atoms. The quantitative estimate of drug-likeness (QED) is 0.699. The van der Waals surface area contributed by atoms with E-state index in [1.54, 1.807) is 14.2 Å². The molecule has 9 nitrogen and oxygen atoms in total. The number of fused-ring (bicyclic) bond motifs is 3. The Bertz CT molecular complexity index is 1150. The number of likely N-dealkylation sites (N-methyl/N-ethyl adjacent to an activating group) is 1. The van der Waals surface area contributed by atoms with Gasteiger partial charge in [-0.05, 0) is 36.8 Å². The first-order valence-corrected chi connectivity index (χ1v) is 9.97. The minimum atomic E-state index is -0.605. The van der Waals surface area contributed by atoms with Gasteiger partial charge in [-0.3, -0.25) is 14.7 Å². The zero-order valence-corrected chi connectivity index (χ0v) is 17.4. The van der Waals surface area contributed by atoms with Gasteiger partial charge in [0.1, 0.15) is 11.9 Å². The number of nitrogens with one attached hydrogen (secondary N) is 1. The molecule has 1 fully saturated rings. The minimum Gasteiger partial charge on any atom is -0.497 e. The van der Waals surface area contributed by atoms with Crippen LogP contribution in [0.15, 0.2) is 48.5 Å². The molecule has 158 valence electrons. The van der Waals surface area contributed by atoms with Crippen molar-refractivity contribution in [2.45, 2.75) is 25.7 Å². The molecule has 1 aromatic heterocycles. The number of nitrogens with zero attached hydrogens (tertiary/aromatic N) is 5. The van der Waals surface area contributed by atoms with Gasteiger partial charge in [-0.15, -0.1) is 10.2 Å². The van der Waals surface area contributed by atoms with E-state index in [1.807, 2.05) is 64.9 Å². The van der Waals surface area contributed by atoms with Crippen molar-refractivity contribution in [3.8, 4) is 17.1 Å². The van der Waals surface area contributed by atoms with Crippen LogP contribution in [0.25, 0.3) is 11.4 Å². The summed E-state index contributed by atoms with van der Waals surface area (Å²) < 4.78 is 7.12. The largest absolute Gasteiger partial charge is 0.497 e. The molecule has 2 aromatic carbocycles. The molecule has 3 heterocycles. The summed E-state index contributed by atoms with van der Waals surface area (Å²) in [6.07, 6.45) is -0.547. The standard InChI is InChI=1S/C22H22N6O3/c1-13-4-6-14(7-5-13)12-27-17-19(29)23-22(30)26(2)20(17)28-18(24-25-21(27)28)15-8-10-16(31-3)11-9-15/h4-11,17,20H,12H2,1-3H3,(H,23,29,30). The van der Waals surface area contributed by atoms with Gasteiger partial charge in [0.25, 0.3) is 5.91 Å². The first kappa shape index (κ1) is 19.1. The molecular formula is C22H22N6O3. The highest BCUT2D eigenvalue weighted by Gasteiger charge is 2.52. The molecule has 2 atom stereocenters. The normalized spacial score (nSPS) is 19.8. The second-order valence-corrected chi connectivity index (χ2v) is 7.80. The van der Waals surface area contributed by atoms with Gasteiger partial charge in [0.05, 0.1) is 7.11 Å². The lowest BCUT2D eigenvalue weighted by Crippen LogP contribution is -2.61. The van der Waals surface area contributed by atoms with E-state index >= 15 is 0 Å². The Morgan fingerprint density at radius 3 is 2.42 bits per heavy atom. The van der Waals surface area contributed by atoms with Crippen molar-refractivity contribution in [2.75, 3.05) is 19.1 Å². The van der Waals surface area contributed by atoms with Gasteiger partial charge in [0.15, 0.2) is 11.9 Å². The predicted molar refractivity (Wildman–Crippen MR) is 113 cm³/mol. The zero-order chi connectivity index (χ0) is 21.7. The van der Waals surface area contributed by atoms with Gasteiger partial charge in [0, 0.05) is 19.2 Å². The number of imide groups is 1. The Morgan fingerprint density at radius 1 is 1.03 bits per heavy atom. The number of methoxy groups -OCH3 is 1. The average Bonchev–Trinajstić information content (AvgIpc) is 3.33. The van der Waals surface area contributed by atoms with E-state index < -0.39 is 18.2 Å². The summed E-state index contributed by atoms with van der Waals surface area (Å²) in [5, 5.41) is 11.3. The lowest BCUT2D eigenvalue weighted by Gasteiger charge is -2.37. The molecule has 2 aliphatic rings. The molecule has 3 aromatic rings. The summed E-state index contributed by atoms with van der Waals surface area (Å²) in [4.78, 5) is 28.8. The number of hydrogen-bond donors (Lipinski definition) is 1. The molecule has 5 rings (SSSR count). The van der Waals surface area contributed by atoms with Crippen LogP contribution in [0.4, 0.5) is 10.7 Å². The molecule has 0 radical (unpaired) electrons. The number of hydrogen-bond acceptors (Lipinski definition) is 6. The van der Waals surface area contributed by atoms with Crippen LogP contribution in [0.5, 0.6) is 5.75 Å². The highest BCUT2D eigenvalue weighted by atomic mass is 16.5. The van der Waals surface area contributed by atoms with E-state index in [2.05, 4.69) is 15.5 Å². The second-order valence-electron chi connectivity index (χ2n) is 7.80. The topological polar surface area (TPSA) is 92.6 Å². The number of amides is 3. The number of benzene rings is 2. The number of carbonyl (C=O) groups excluding carboxylic acids is 2. The van der Waals surface area contributed by atoms with Crippen LogP contribution in [0.1, 0.15) is 17.3 Å². The fourth-order valence-electron chi connectivity index (χ4n) is 4.19. The van der Waals surface area contributed by atoms with E-state index in [4.69, 9.17) is 4.74 Å². The summed E-state index contributed by atoms with van der Waals surface area (Å²) in [5.74, 6) is 1.53. The van der Waals surface area contributed by atoms with Gasteiger partial charge >= 0.3 is 6.03 Å². The van der Waals surface area contributed by atoms with Gasteiger partial charge in [-0.2, -0.15) is 0 Å². The van der Waals surface area contributed by atoms with Crippen molar-refractivity contribution in [3.05, 3.63) is 59.7 Å². The van der Waals surface area contributed by atoms with E-state index in [1.165, 1.54) is 4.90 Å². The summed E-state index contributed by atoms with van der Waals surface area (Å²) in [5.41, 5.74) is 3.02. The van der Waals surface area contributed by atoms with Crippen molar-refractivity contribution in [2.24, 2.45) is 0 Å². The molecule has 0 spiro atoms. The summed E-state index contributed by atoms with van der Waals surface area (Å²) in [6.45, 7) is 2.50. The van der Waals surface area contributed by atoms with Crippen molar-refractivity contribution in [1.29, 1.82) is 0 Å². The van der Waals surface area contributed by atoms with Crippen LogP contribution in [-0.2, 0) is 11.3 Å². The number of urea groups is 1. The van der Waals surface area contributed by atoms with E-state index in [0.717, 1.165) is 22.4 Å². The second kappa shape index (κ2) is 7.12. The molecule has 2 unspecified atom stereocenters. The molecule has 1 N–H and O–H groups in total. The molecule has 0 aliphatic carbocycles. The Balaban J connectivity index is 1.61. The highest BCUT2D eigenvalue weighted by molar-refractivity contribution is 6.02. The molecule has 0 bridgehead atoms. The summed E-state index contributed by atoms with van der Waals surface area (Å²) in [6, 6.07) is 14.5. The third-order valence-electron chi connectivity index (χ3n) is 5.86. The van der Waals surface area contributed by atoms with Crippen LogP contribution >= 0.6 is 0 Å². The number of ether oxygens (including phenoxy) is 1. The zero-order valence-electron chi connectivity index (χ0n) is 17.4. The maximum atomic E-state index is 12.9. The third kappa shape index (κ3) is 3.00. The molecule has 1 saturated heterocycles. The SMILES string of the molecule is COc1ccc(-c2nnc3n2C2C(C(=O)NC(=O)N2C)N3Cc2ccc(C)cc2)cc1. The van der Waals surface area contributed by atoms with Crippen LogP contribution in [-0.4, -0.2) is 51.8 Å². The molecule has 0 saturated carbocycles. The van der Waals surface area contributed by atoms with Gasteiger partial charge in [0.2, 0.25) is 5.95 Å². The van der Waals surface area contributed by atoms with Crippen molar-refractivity contribution >= 4 is 17.9 Å². The molecular weight excluding hydrogens is 396 g/mol. The van der Waals surface area contributed by atoms with E-state index in [9.17, 15) is 9.59 Å². The number of aromatic nitrogens is 3. The number of anilines is 1. The smallest absolute Gasteiger partial charge is 0.325 e. The third-order valence-corrected chi connectivity index (χ3v) is 5.86. The molecule has 2 aliphatic heterocycles. The van der Waals surface area contributed by atoms with Gasteiger partial charge in [-0.1, -0.05) is 29.8 Å². The summed E-state index contributed by atoms with van der Waals surface area (Å²) in [7, 11) is 3.29. The van der Waals surface area contributed by atoms with Crippen LogP contribution in [0.2, 0.25) is 0 Å². The van der Waals surface area contributed by atoms with Crippen molar-refractivity contribution < 1.29 is 14.3 Å². The van der Waals surface area contributed by atoms with Crippen LogP contribution < -0.4 is 15.0 Å². The fourth-order valence-corrected chi connectivity index (χ4v) is 4.19. The van der Waals surface area contributed by atoms with Gasteiger partial charge in [-0.25, -0.2) is 4.79 Å². The Kier molecular flexibility index (Phi) is 4.39. The Hall–Kier alpha value is -3.88. The first-order valence-electron chi connectivity index (χ1n) is 9.97. The molecule has 3 amide bonds. The number of aryl methyl sites for hydroxylation is 1. The van der Waals surface area contributed by atoms with E-state index in [0.29, 0.717) is 18.3 Å². The maximum Gasteiger partial charge on any atom is 0.325 e. The van der Waals surface area contributed by atoms with Crippen molar-refractivity contribution in [3.63, 3.8) is 0 Å². The van der Waals surface area contributed by atoms with Crippen molar-refractivity contribution in [1.82, 2.24) is 25.0 Å². The summed E-state index contributed by atoms with van der Waals surface area (Å²) >= 11 is 0. The highest BCUT2D eigenvalue weighted by Crippen LogP contribution is 2.41. The lowest BCUT2D eigenvalue weighted by atomic mass is 10.1. The van der Waals surface area contributed by atoms with Gasteiger partial charge < -0.3 is 14.5 Å². The monoisotopic (exact) mass is 418 g/mol. The Labute approximate surface area is 179 Å². The predicted octanol–water partition coefficient (Wildman–Crippen LogP) is 2.33. The lowest BCUT2D eigenvalue weighted by molar-refractivity contribution is -0.124. The first-order chi connectivity index (χ1) is 15.0. The fraction of sp³-hybridized carbons (Fsp3) is 0.273.